The van der Waals surface area contributed by atoms with Gasteiger partial charge in [0.2, 0.25) is 0 Å². The topological polar surface area (TPSA) is 72.5 Å². The molecule has 0 bridgehead atoms. The first-order valence-corrected chi connectivity index (χ1v) is 9.78. The Morgan fingerprint density at radius 2 is 2.12 bits per heavy atom. The fourth-order valence-corrected chi connectivity index (χ4v) is 6.39. The second-order valence-electron chi connectivity index (χ2n) is 9.15. The zero-order valence-corrected chi connectivity index (χ0v) is 15.6. The predicted molar refractivity (Wildman–Crippen MR) is 96.6 cm³/mol. The van der Waals surface area contributed by atoms with E-state index in [4.69, 9.17) is 10.5 Å². The number of carbonyl (C=O) groups is 1. The van der Waals surface area contributed by atoms with Crippen molar-refractivity contribution in [2.75, 3.05) is 0 Å². The van der Waals surface area contributed by atoms with Crippen LogP contribution < -0.4 is 5.73 Å². The largest absolute Gasteiger partial charge is 0.461 e. The number of rotatable bonds is 1. The molecular weight excluding hydrogens is 314 g/mol. The lowest BCUT2D eigenvalue weighted by atomic mass is 9.51. The van der Waals surface area contributed by atoms with Crippen LogP contribution >= 0.6 is 0 Å². The van der Waals surface area contributed by atoms with Crippen molar-refractivity contribution in [3.8, 4) is 0 Å². The Kier molecular flexibility index (Phi) is 3.93. The normalized spacial score (nSPS) is 48.6. The first-order chi connectivity index (χ1) is 11.8. The van der Waals surface area contributed by atoms with Gasteiger partial charge in [0.15, 0.2) is 0 Å². The van der Waals surface area contributed by atoms with Gasteiger partial charge in [0.1, 0.15) is 6.10 Å². The molecule has 4 heteroatoms. The summed E-state index contributed by atoms with van der Waals surface area (Å²) in [6, 6.07) is -0.103. The Balaban J connectivity index is 1.72. The highest BCUT2D eigenvalue weighted by atomic mass is 16.5. The van der Waals surface area contributed by atoms with Crippen molar-refractivity contribution in [3.63, 3.8) is 0 Å². The van der Waals surface area contributed by atoms with Gasteiger partial charge < -0.3 is 15.6 Å². The van der Waals surface area contributed by atoms with Crippen molar-refractivity contribution in [1.29, 1.82) is 0 Å². The van der Waals surface area contributed by atoms with E-state index in [0.717, 1.165) is 38.5 Å². The van der Waals surface area contributed by atoms with E-state index in [0.29, 0.717) is 11.8 Å². The third-order valence-electron chi connectivity index (χ3n) is 7.91. The van der Waals surface area contributed by atoms with E-state index in [-0.39, 0.29) is 35.0 Å². The SMILES string of the molecule is CC(=O)O[C@@H]1CC2=C3CCC4C[C@@H](O)C=C[C@]4(C)[C@H]3CC[C@]2(C)[C@H]1N. The molecule has 0 aromatic rings. The molecule has 0 heterocycles. The van der Waals surface area contributed by atoms with Gasteiger partial charge in [-0.15, -0.1) is 0 Å². The van der Waals surface area contributed by atoms with Crippen LogP contribution in [0.15, 0.2) is 23.3 Å². The Labute approximate surface area is 150 Å². The lowest BCUT2D eigenvalue weighted by molar-refractivity contribution is -0.147. The van der Waals surface area contributed by atoms with E-state index in [1.54, 1.807) is 5.57 Å². The van der Waals surface area contributed by atoms with Crippen molar-refractivity contribution in [1.82, 2.24) is 0 Å². The quantitative estimate of drug-likeness (QED) is 0.566. The maximum atomic E-state index is 11.5. The summed E-state index contributed by atoms with van der Waals surface area (Å²) in [6.07, 6.45) is 9.96. The van der Waals surface area contributed by atoms with Gasteiger partial charge in [0.05, 0.1) is 12.1 Å². The molecule has 0 amide bonds. The summed E-state index contributed by atoms with van der Waals surface area (Å²) in [5.74, 6) is 0.872. The molecule has 4 rings (SSSR count). The van der Waals surface area contributed by atoms with Crippen molar-refractivity contribution < 1.29 is 14.6 Å². The van der Waals surface area contributed by atoms with Crippen LogP contribution in [0.25, 0.3) is 0 Å². The number of aliphatic hydroxyl groups is 1. The lowest BCUT2D eigenvalue weighted by Gasteiger charge is -2.54. The van der Waals surface area contributed by atoms with Crippen LogP contribution in [0.1, 0.15) is 59.3 Å². The van der Waals surface area contributed by atoms with Gasteiger partial charge >= 0.3 is 5.97 Å². The Morgan fingerprint density at radius 1 is 1.36 bits per heavy atom. The average Bonchev–Trinajstić information content (AvgIpc) is 2.79. The second kappa shape index (κ2) is 5.68. The Bertz CT molecular complexity index is 654. The van der Waals surface area contributed by atoms with Crippen LogP contribution in [0.4, 0.5) is 0 Å². The van der Waals surface area contributed by atoms with Gasteiger partial charge in [-0.25, -0.2) is 0 Å². The van der Waals surface area contributed by atoms with Crippen molar-refractivity contribution in [2.45, 2.75) is 77.5 Å². The Morgan fingerprint density at radius 3 is 2.84 bits per heavy atom. The monoisotopic (exact) mass is 345 g/mol. The standard InChI is InChI=1S/C21H31NO3/c1-12(23)25-18-11-17-15-5-4-13-10-14(24)6-8-20(13,2)16(15)7-9-21(17,3)19(18)22/h6,8,13-14,16,18-19,24H,4-5,7,9-11,22H2,1-3H3/t13?,14-,16-,18+,19-,20-,21-/m0/s1. The van der Waals surface area contributed by atoms with E-state index in [2.05, 4.69) is 19.9 Å². The highest BCUT2D eigenvalue weighted by Crippen LogP contribution is 2.62. The van der Waals surface area contributed by atoms with Crippen LogP contribution in [-0.2, 0) is 9.53 Å². The number of esters is 1. The van der Waals surface area contributed by atoms with E-state index >= 15 is 0 Å². The average molecular weight is 345 g/mol. The summed E-state index contributed by atoms with van der Waals surface area (Å²) in [7, 11) is 0. The Hall–Kier alpha value is -1.13. The minimum Gasteiger partial charge on any atom is -0.461 e. The minimum atomic E-state index is -0.283. The molecule has 3 N–H and O–H groups in total. The third kappa shape index (κ3) is 2.44. The zero-order chi connectivity index (χ0) is 18.0. The summed E-state index contributed by atoms with van der Waals surface area (Å²) in [5.41, 5.74) is 9.73. The van der Waals surface area contributed by atoms with E-state index in [9.17, 15) is 9.90 Å². The van der Waals surface area contributed by atoms with Gasteiger partial charge in [-0.3, -0.25) is 4.79 Å². The van der Waals surface area contributed by atoms with Gasteiger partial charge in [0, 0.05) is 18.8 Å². The molecule has 2 fully saturated rings. The maximum Gasteiger partial charge on any atom is 0.302 e. The molecule has 0 saturated heterocycles. The van der Waals surface area contributed by atoms with Crippen molar-refractivity contribution in [3.05, 3.63) is 23.3 Å². The summed E-state index contributed by atoms with van der Waals surface area (Å²) in [5, 5.41) is 10.0. The van der Waals surface area contributed by atoms with Gasteiger partial charge in [-0.2, -0.15) is 0 Å². The molecule has 4 nitrogen and oxygen atoms in total. The second-order valence-corrected chi connectivity index (χ2v) is 9.15. The summed E-state index contributed by atoms with van der Waals surface area (Å²) >= 11 is 0. The lowest BCUT2D eigenvalue weighted by Crippen LogP contribution is -2.48. The molecule has 7 atom stereocenters. The fourth-order valence-electron chi connectivity index (χ4n) is 6.39. The molecule has 0 radical (unpaired) electrons. The van der Waals surface area contributed by atoms with Gasteiger partial charge in [0.25, 0.3) is 0 Å². The van der Waals surface area contributed by atoms with Gasteiger partial charge in [-0.05, 0) is 49.4 Å². The minimum absolute atomic E-state index is 0.0347. The number of aliphatic hydroxyl groups excluding tert-OH is 1. The predicted octanol–water partition coefficient (Wildman–Crippen LogP) is 3.10. The van der Waals surface area contributed by atoms with Gasteiger partial charge in [-0.1, -0.05) is 37.1 Å². The van der Waals surface area contributed by atoms with Crippen LogP contribution in [0.2, 0.25) is 0 Å². The highest BCUT2D eigenvalue weighted by Gasteiger charge is 2.56. The molecular formula is C21H31NO3. The first-order valence-electron chi connectivity index (χ1n) is 9.78. The van der Waals surface area contributed by atoms with Crippen LogP contribution in [0, 0.1) is 22.7 Å². The van der Waals surface area contributed by atoms with E-state index < -0.39 is 0 Å². The molecule has 4 aliphatic carbocycles. The van der Waals surface area contributed by atoms with E-state index in [1.165, 1.54) is 12.5 Å². The number of fused-ring (bicyclic) bond motifs is 4. The molecule has 25 heavy (non-hydrogen) atoms. The third-order valence-corrected chi connectivity index (χ3v) is 7.91. The number of allylic oxidation sites excluding steroid dienone is 2. The number of hydrogen-bond donors (Lipinski definition) is 2. The summed E-state index contributed by atoms with van der Waals surface area (Å²) in [4.78, 5) is 11.5. The number of ether oxygens (including phenoxy) is 1. The van der Waals surface area contributed by atoms with Crippen LogP contribution in [0.5, 0.6) is 0 Å². The molecule has 0 aromatic heterocycles. The van der Waals surface area contributed by atoms with Crippen molar-refractivity contribution in [2.24, 2.45) is 28.4 Å². The van der Waals surface area contributed by atoms with E-state index in [1.807, 2.05) is 6.08 Å². The smallest absolute Gasteiger partial charge is 0.302 e. The molecule has 1 unspecified atom stereocenters. The van der Waals surface area contributed by atoms with Crippen LogP contribution in [0.3, 0.4) is 0 Å². The zero-order valence-electron chi connectivity index (χ0n) is 15.6. The number of nitrogens with two attached hydrogens (primary N) is 1. The molecule has 0 aliphatic heterocycles. The first kappa shape index (κ1) is 17.3. The molecule has 0 spiro atoms. The van der Waals surface area contributed by atoms with Crippen LogP contribution in [-0.4, -0.2) is 29.3 Å². The van der Waals surface area contributed by atoms with Crippen molar-refractivity contribution >= 4 is 5.97 Å². The summed E-state index contributed by atoms with van der Waals surface area (Å²) < 4.78 is 5.56. The number of hydrogen-bond acceptors (Lipinski definition) is 4. The molecule has 2 saturated carbocycles. The molecule has 138 valence electrons. The number of carbonyl (C=O) groups excluding carboxylic acids is 1. The highest BCUT2D eigenvalue weighted by molar-refractivity contribution is 5.66. The fraction of sp³-hybridized carbons (Fsp3) is 0.762. The summed E-state index contributed by atoms with van der Waals surface area (Å²) in [6.45, 7) is 6.13. The molecule has 4 aliphatic rings. The maximum absolute atomic E-state index is 11.5. The molecule has 0 aromatic carbocycles.